The molecule has 2 aromatic carbocycles. The Hall–Kier alpha value is -3.53. The molecule has 0 bridgehead atoms. The van der Waals surface area contributed by atoms with E-state index in [-0.39, 0.29) is 13.0 Å². The third kappa shape index (κ3) is 5.98. The number of carboxylic acids is 1. The van der Waals surface area contributed by atoms with E-state index in [2.05, 4.69) is 42.3 Å². The normalized spacial score (nSPS) is 10.4. The molecule has 0 radical (unpaired) electrons. The molecular weight excluding hydrogens is 374 g/mol. The number of carbonyl (C=O) groups is 1. The molecule has 1 heterocycles. The maximum Gasteiger partial charge on any atom is 0.306 e. The average molecular weight is 404 g/mol. The van der Waals surface area contributed by atoms with E-state index in [1.165, 1.54) is 11.1 Å². The Labute approximate surface area is 178 Å². The maximum atomic E-state index is 10.6. The molecule has 4 heteroatoms. The van der Waals surface area contributed by atoms with Crippen LogP contribution in [0.15, 0.2) is 79.4 Å². The lowest BCUT2D eigenvalue weighted by atomic mass is 10.1. The van der Waals surface area contributed by atoms with E-state index in [1.54, 1.807) is 6.08 Å². The summed E-state index contributed by atoms with van der Waals surface area (Å²) in [6.07, 6.45) is 5.87. The van der Waals surface area contributed by atoms with Crippen molar-refractivity contribution in [2.24, 2.45) is 0 Å². The van der Waals surface area contributed by atoms with Crippen LogP contribution >= 0.6 is 0 Å². The van der Waals surface area contributed by atoms with Gasteiger partial charge < -0.3 is 14.4 Å². The first-order chi connectivity index (χ1) is 14.5. The summed E-state index contributed by atoms with van der Waals surface area (Å²) in [6, 6.07) is 20.3. The number of rotatable bonds is 7. The van der Waals surface area contributed by atoms with Gasteiger partial charge in [0.05, 0.1) is 13.0 Å². The Kier molecular flexibility index (Phi) is 8.70. The molecule has 0 unspecified atom stereocenters. The number of hydrogen-bond donors (Lipinski definition) is 1. The second-order valence-electron chi connectivity index (χ2n) is 6.66. The van der Waals surface area contributed by atoms with Crippen molar-refractivity contribution in [3.8, 4) is 22.6 Å². The Morgan fingerprint density at radius 3 is 2.30 bits per heavy atom. The topological polar surface area (TPSA) is 51.5 Å². The zero-order valence-electron chi connectivity index (χ0n) is 17.8. The van der Waals surface area contributed by atoms with Gasteiger partial charge in [-0.2, -0.15) is 0 Å². The second-order valence-corrected chi connectivity index (χ2v) is 6.66. The van der Waals surface area contributed by atoms with Crippen molar-refractivity contribution in [1.29, 1.82) is 0 Å². The van der Waals surface area contributed by atoms with Gasteiger partial charge in [-0.25, -0.2) is 0 Å². The van der Waals surface area contributed by atoms with E-state index >= 15 is 0 Å². The molecule has 3 rings (SSSR count). The van der Waals surface area contributed by atoms with Gasteiger partial charge in [-0.3, -0.25) is 4.79 Å². The SMILES string of the molecule is C/C=C/c1cc(-c2ccccc2)c(C)n1-c1ccc(OCCC(=O)O)cc1.C=CC. The van der Waals surface area contributed by atoms with Gasteiger partial charge >= 0.3 is 5.97 Å². The summed E-state index contributed by atoms with van der Waals surface area (Å²) in [5.41, 5.74) is 5.69. The molecule has 0 aliphatic rings. The van der Waals surface area contributed by atoms with Gasteiger partial charge in [0.1, 0.15) is 5.75 Å². The molecule has 0 saturated heterocycles. The largest absolute Gasteiger partial charge is 0.493 e. The van der Waals surface area contributed by atoms with Crippen molar-refractivity contribution in [1.82, 2.24) is 4.57 Å². The number of nitrogens with zero attached hydrogens (tertiary/aromatic N) is 1. The fourth-order valence-electron chi connectivity index (χ4n) is 3.12. The third-order valence-electron chi connectivity index (χ3n) is 4.38. The number of hydrogen-bond acceptors (Lipinski definition) is 2. The summed E-state index contributed by atoms with van der Waals surface area (Å²) in [7, 11) is 0. The summed E-state index contributed by atoms with van der Waals surface area (Å²) >= 11 is 0. The van der Waals surface area contributed by atoms with Crippen LogP contribution in [0.1, 0.15) is 31.7 Å². The molecule has 0 aliphatic carbocycles. The molecule has 156 valence electrons. The van der Waals surface area contributed by atoms with Crippen molar-refractivity contribution in [3.05, 3.63) is 90.8 Å². The zero-order valence-corrected chi connectivity index (χ0v) is 17.8. The van der Waals surface area contributed by atoms with Crippen LogP contribution in [0.25, 0.3) is 22.9 Å². The minimum absolute atomic E-state index is 0.00958. The molecule has 0 saturated carbocycles. The Balaban J connectivity index is 0.00000101. The van der Waals surface area contributed by atoms with Crippen LogP contribution in [0.4, 0.5) is 0 Å². The third-order valence-corrected chi connectivity index (χ3v) is 4.38. The van der Waals surface area contributed by atoms with Gasteiger partial charge in [-0.05, 0) is 62.7 Å². The Morgan fingerprint density at radius 1 is 1.10 bits per heavy atom. The van der Waals surface area contributed by atoms with Crippen molar-refractivity contribution < 1.29 is 14.6 Å². The number of benzene rings is 2. The smallest absolute Gasteiger partial charge is 0.306 e. The van der Waals surface area contributed by atoms with Crippen LogP contribution < -0.4 is 4.74 Å². The predicted octanol–water partition coefficient (Wildman–Crippen LogP) is 6.53. The summed E-state index contributed by atoms with van der Waals surface area (Å²) in [5, 5.41) is 8.70. The first-order valence-electron chi connectivity index (χ1n) is 9.94. The highest BCUT2D eigenvalue weighted by atomic mass is 16.5. The van der Waals surface area contributed by atoms with E-state index in [0.29, 0.717) is 5.75 Å². The van der Waals surface area contributed by atoms with Gasteiger partial charge in [0.15, 0.2) is 0 Å². The lowest BCUT2D eigenvalue weighted by Gasteiger charge is -2.12. The number of ether oxygens (including phenoxy) is 1. The van der Waals surface area contributed by atoms with Crippen LogP contribution in [0.2, 0.25) is 0 Å². The zero-order chi connectivity index (χ0) is 21.9. The Bertz CT molecular complexity index is 983. The monoisotopic (exact) mass is 403 g/mol. The lowest BCUT2D eigenvalue weighted by molar-refractivity contribution is -0.137. The molecule has 3 aromatic rings. The number of allylic oxidation sites excluding steroid dienone is 2. The van der Waals surface area contributed by atoms with Gasteiger partial charge in [0.2, 0.25) is 0 Å². The standard InChI is InChI=1S/C23H23NO3.C3H6/c1-3-7-20-16-22(18-8-5-4-6-9-18)17(2)24(20)19-10-12-21(13-11-19)27-15-14-23(25)26;1-3-2/h3-13,16H,14-15H2,1-2H3,(H,25,26);3H,1H2,2H3/b7-3+;. The molecule has 1 N–H and O–H groups in total. The van der Waals surface area contributed by atoms with Crippen LogP contribution in [-0.2, 0) is 4.79 Å². The molecule has 30 heavy (non-hydrogen) atoms. The van der Waals surface area contributed by atoms with E-state index in [4.69, 9.17) is 9.84 Å². The second kappa shape index (κ2) is 11.5. The maximum absolute atomic E-state index is 10.6. The van der Waals surface area contributed by atoms with Crippen LogP contribution in [0, 0.1) is 6.92 Å². The summed E-state index contributed by atoms with van der Waals surface area (Å²) in [6.45, 7) is 9.54. The highest BCUT2D eigenvalue weighted by Crippen LogP contribution is 2.31. The molecule has 0 amide bonds. The molecule has 0 fully saturated rings. The van der Waals surface area contributed by atoms with Gasteiger partial charge in [0.25, 0.3) is 0 Å². The van der Waals surface area contributed by atoms with Crippen LogP contribution in [0.5, 0.6) is 5.75 Å². The highest BCUT2D eigenvalue weighted by Gasteiger charge is 2.13. The van der Waals surface area contributed by atoms with Crippen molar-refractivity contribution in [3.63, 3.8) is 0 Å². The molecule has 0 atom stereocenters. The fraction of sp³-hybridized carbons (Fsp3) is 0.192. The first kappa shape index (κ1) is 22.8. The summed E-state index contributed by atoms with van der Waals surface area (Å²) < 4.78 is 7.70. The minimum atomic E-state index is -0.862. The lowest BCUT2D eigenvalue weighted by Crippen LogP contribution is -2.05. The van der Waals surface area contributed by atoms with Gasteiger partial charge in [-0.1, -0.05) is 42.5 Å². The highest BCUT2D eigenvalue weighted by molar-refractivity contribution is 5.72. The van der Waals surface area contributed by atoms with Crippen molar-refractivity contribution >= 4 is 12.0 Å². The molecule has 4 nitrogen and oxygen atoms in total. The number of aromatic nitrogens is 1. The first-order valence-corrected chi connectivity index (χ1v) is 9.94. The summed E-state index contributed by atoms with van der Waals surface area (Å²) in [4.78, 5) is 10.6. The van der Waals surface area contributed by atoms with E-state index in [1.807, 2.05) is 62.4 Å². The minimum Gasteiger partial charge on any atom is -0.493 e. The van der Waals surface area contributed by atoms with Crippen molar-refractivity contribution in [2.75, 3.05) is 6.61 Å². The van der Waals surface area contributed by atoms with E-state index in [0.717, 1.165) is 17.1 Å². The van der Waals surface area contributed by atoms with Crippen LogP contribution in [-0.4, -0.2) is 22.2 Å². The van der Waals surface area contributed by atoms with E-state index in [9.17, 15) is 4.79 Å². The van der Waals surface area contributed by atoms with Gasteiger partial charge in [-0.15, -0.1) is 6.58 Å². The summed E-state index contributed by atoms with van der Waals surface area (Å²) in [5.74, 6) is -0.195. The van der Waals surface area contributed by atoms with Crippen molar-refractivity contribution in [2.45, 2.75) is 27.2 Å². The predicted molar refractivity (Wildman–Crippen MR) is 124 cm³/mol. The Morgan fingerprint density at radius 2 is 1.73 bits per heavy atom. The molecule has 0 aliphatic heterocycles. The van der Waals surface area contributed by atoms with Gasteiger partial charge in [0, 0.05) is 22.6 Å². The van der Waals surface area contributed by atoms with E-state index < -0.39 is 5.97 Å². The molecular formula is C26H29NO3. The average Bonchev–Trinajstić information content (AvgIpc) is 3.06. The fourth-order valence-corrected chi connectivity index (χ4v) is 3.12. The van der Waals surface area contributed by atoms with Crippen LogP contribution in [0.3, 0.4) is 0 Å². The number of aliphatic carboxylic acids is 1. The quantitative estimate of drug-likeness (QED) is 0.456. The molecule has 0 spiro atoms. The number of carboxylic acid groups (broad SMARTS) is 1. The molecule has 1 aromatic heterocycles.